The summed E-state index contributed by atoms with van der Waals surface area (Å²) < 4.78 is 5.34. The van der Waals surface area contributed by atoms with Crippen molar-refractivity contribution in [2.75, 3.05) is 6.61 Å². The second-order valence-electron chi connectivity index (χ2n) is 4.41. The van der Waals surface area contributed by atoms with Gasteiger partial charge in [0.2, 0.25) is 5.91 Å². The first-order valence-corrected chi connectivity index (χ1v) is 6.70. The summed E-state index contributed by atoms with van der Waals surface area (Å²) in [5, 5.41) is 3.92. The fraction of sp³-hybridized carbons (Fsp3) is 0.462. The van der Waals surface area contributed by atoms with E-state index in [4.69, 9.17) is 27.9 Å². The van der Waals surface area contributed by atoms with Gasteiger partial charge in [0.1, 0.15) is 6.10 Å². The number of carbonyl (C=O) groups excluding carboxylic acids is 1. The van der Waals surface area contributed by atoms with Gasteiger partial charge in [-0.05, 0) is 37.5 Å². The number of halogens is 2. The predicted octanol–water partition coefficient (Wildman–Crippen LogP) is 3.35. The summed E-state index contributed by atoms with van der Waals surface area (Å²) in [6, 6.07) is 5.24. The molecule has 0 aromatic heterocycles. The Labute approximate surface area is 116 Å². The highest BCUT2D eigenvalue weighted by Crippen LogP contribution is 2.25. The number of amides is 1. The van der Waals surface area contributed by atoms with Crippen molar-refractivity contribution in [3.05, 3.63) is 33.8 Å². The predicted molar refractivity (Wildman–Crippen MR) is 72.0 cm³/mol. The van der Waals surface area contributed by atoms with Crippen molar-refractivity contribution in [3.8, 4) is 0 Å². The Morgan fingerprint density at radius 3 is 2.83 bits per heavy atom. The maximum absolute atomic E-state index is 11.9. The molecule has 1 amide bonds. The van der Waals surface area contributed by atoms with Crippen LogP contribution in [0.5, 0.6) is 0 Å². The largest absolute Gasteiger partial charge is 0.368 e. The van der Waals surface area contributed by atoms with E-state index in [0.717, 1.165) is 18.4 Å². The molecule has 0 radical (unpaired) electrons. The lowest BCUT2D eigenvalue weighted by molar-refractivity contribution is -0.130. The van der Waals surface area contributed by atoms with Crippen LogP contribution in [-0.2, 0) is 9.53 Å². The highest BCUT2D eigenvalue weighted by atomic mass is 35.5. The normalized spacial score (nSPS) is 20.7. The highest BCUT2D eigenvalue weighted by Gasteiger charge is 2.24. The van der Waals surface area contributed by atoms with E-state index in [9.17, 15) is 4.79 Å². The van der Waals surface area contributed by atoms with E-state index in [0.29, 0.717) is 16.7 Å². The lowest BCUT2D eigenvalue weighted by atomic mass is 10.1. The molecule has 1 fully saturated rings. The topological polar surface area (TPSA) is 38.3 Å². The van der Waals surface area contributed by atoms with Crippen LogP contribution in [-0.4, -0.2) is 18.6 Å². The Hall–Kier alpha value is -0.770. The average Bonchev–Trinajstić information content (AvgIpc) is 2.86. The molecule has 1 N–H and O–H groups in total. The van der Waals surface area contributed by atoms with E-state index in [1.807, 2.05) is 13.0 Å². The monoisotopic (exact) mass is 287 g/mol. The van der Waals surface area contributed by atoms with Gasteiger partial charge in [-0.25, -0.2) is 0 Å². The van der Waals surface area contributed by atoms with E-state index < -0.39 is 0 Å². The lowest BCUT2D eigenvalue weighted by Gasteiger charge is -2.17. The van der Waals surface area contributed by atoms with Gasteiger partial charge < -0.3 is 10.1 Å². The first kappa shape index (κ1) is 13.7. The molecule has 3 nitrogen and oxygen atoms in total. The fourth-order valence-corrected chi connectivity index (χ4v) is 2.26. The number of nitrogens with one attached hydrogen (secondary N) is 1. The van der Waals surface area contributed by atoms with E-state index in [1.165, 1.54) is 0 Å². The molecule has 1 aliphatic heterocycles. The van der Waals surface area contributed by atoms with Gasteiger partial charge in [-0.1, -0.05) is 29.3 Å². The maximum Gasteiger partial charge on any atom is 0.249 e. The summed E-state index contributed by atoms with van der Waals surface area (Å²) in [5.41, 5.74) is 0.927. The third kappa shape index (κ3) is 3.16. The fourth-order valence-electron chi connectivity index (χ4n) is 1.96. The molecule has 98 valence electrons. The number of benzene rings is 1. The minimum atomic E-state index is -0.310. The number of rotatable bonds is 3. The van der Waals surface area contributed by atoms with Crippen LogP contribution in [0.3, 0.4) is 0 Å². The molecule has 18 heavy (non-hydrogen) atoms. The van der Waals surface area contributed by atoms with Crippen molar-refractivity contribution in [2.45, 2.75) is 31.9 Å². The molecule has 1 aromatic rings. The van der Waals surface area contributed by atoms with Gasteiger partial charge in [0.05, 0.1) is 16.1 Å². The first-order valence-electron chi connectivity index (χ1n) is 5.95. The summed E-state index contributed by atoms with van der Waals surface area (Å²) in [4.78, 5) is 11.9. The lowest BCUT2D eigenvalue weighted by Crippen LogP contribution is -2.35. The van der Waals surface area contributed by atoms with Gasteiger partial charge in [-0.3, -0.25) is 4.79 Å². The van der Waals surface area contributed by atoms with Gasteiger partial charge in [0, 0.05) is 6.61 Å². The Kier molecular flexibility index (Phi) is 4.49. The minimum Gasteiger partial charge on any atom is -0.368 e. The number of hydrogen-bond donors (Lipinski definition) is 1. The molecule has 2 rings (SSSR count). The van der Waals surface area contributed by atoms with Crippen LogP contribution in [0.1, 0.15) is 31.4 Å². The summed E-state index contributed by atoms with van der Waals surface area (Å²) in [6.07, 6.45) is 1.43. The molecule has 0 spiro atoms. The molecule has 5 heteroatoms. The van der Waals surface area contributed by atoms with Gasteiger partial charge in [-0.2, -0.15) is 0 Å². The van der Waals surface area contributed by atoms with Crippen LogP contribution >= 0.6 is 23.2 Å². The maximum atomic E-state index is 11.9. The molecular formula is C13H15Cl2NO2. The second-order valence-corrected chi connectivity index (χ2v) is 5.22. The van der Waals surface area contributed by atoms with Crippen LogP contribution in [0.25, 0.3) is 0 Å². The Morgan fingerprint density at radius 2 is 2.22 bits per heavy atom. The van der Waals surface area contributed by atoms with E-state index in [2.05, 4.69) is 5.32 Å². The summed E-state index contributed by atoms with van der Waals surface area (Å²) in [7, 11) is 0. The van der Waals surface area contributed by atoms with Crippen molar-refractivity contribution in [1.82, 2.24) is 5.32 Å². The number of ether oxygens (including phenoxy) is 1. The van der Waals surface area contributed by atoms with Crippen LogP contribution in [0.15, 0.2) is 18.2 Å². The molecule has 0 saturated carbocycles. The van der Waals surface area contributed by atoms with Gasteiger partial charge in [-0.15, -0.1) is 0 Å². The second kappa shape index (κ2) is 5.91. The summed E-state index contributed by atoms with van der Waals surface area (Å²) >= 11 is 11.8. The molecule has 1 aromatic carbocycles. The van der Waals surface area contributed by atoms with Gasteiger partial charge in [0.25, 0.3) is 0 Å². The molecule has 0 aliphatic carbocycles. The Bertz CT molecular complexity index is 445. The number of carbonyl (C=O) groups is 1. The third-order valence-corrected chi connectivity index (χ3v) is 3.76. The molecule has 1 aliphatic rings. The highest BCUT2D eigenvalue weighted by molar-refractivity contribution is 6.42. The molecule has 1 saturated heterocycles. The van der Waals surface area contributed by atoms with Gasteiger partial charge >= 0.3 is 0 Å². The molecule has 2 unspecified atom stereocenters. The van der Waals surface area contributed by atoms with Crippen LogP contribution < -0.4 is 5.32 Å². The van der Waals surface area contributed by atoms with Crippen LogP contribution in [0, 0.1) is 0 Å². The standard InChI is InChI=1S/C13H15Cl2NO2/c1-8(9-4-5-10(14)11(15)7-9)16-13(17)12-3-2-6-18-12/h4-5,7-8,12H,2-3,6H2,1H3,(H,16,17). The van der Waals surface area contributed by atoms with Crippen molar-refractivity contribution in [1.29, 1.82) is 0 Å². The van der Waals surface area contributed by atoms with E-state index >= 15 is 0 Å². The van der Waals surface area contributed by atoms with Crippen molar-refractivity contribution in [2.24, 2.45) is 0 Å². The van der Waals surface area contributed by atoms with Crippen molar-refractivity contribution in [3.63, 3.8) is 0 Å². The Balaban J connectivity index is 2.00. The Morgan fingerprint density at radius 1 is 1.44 bits per heavy atom. The van der Waals surface area contributed by atoms with E-state index in [-0.39, 0.29) is 18.1 Å². The average molecular weight is 288 g/mol. The molecular weight excluding hydrogens is 273 g/mol. The first-order chi connectivity index (χ1) is 8.58. The zero-order valence-electron chi connectivity index (χ0n) is 10.1. The summed E-state index contributed by atoms with van der Waals surface area (Å²) in [6.45, 7) is 2.58. The zero-order chi connectivity index (χ0) is 13.1. The summed E-state index contributed by atoms with van der Waals surface area (Å²) in [5.74, 6) is -0.0638. The minimum absolute atomic E-state index is 0.0638. The van der Waals surface area contributed by atoms with Crippen molar-refractivity contribution < 1.29 is 9.53 Å². The third-order valence-electron chi connectivity index (χ3n) is 3.02. The molecule has 0 bridgehead atoms. The van der Waals surface area contributed by atoms with Crippen LogP contribution in [0.2, 0.25) is 10.0 Å². The molecule has 2 atom stereocenters. The van der Waals surface area contributed by atoms with Gasteiger partial charge in [0.15, 0.2) is 0 Å². The zero-order valence-corrected chi connectivity index (χ0v) is 11.6. The SMILES string of the molecule is CC(NC(=O)C1CCCO1)c1ccc(Cl)c(Cl)c1. The smallest absolute Gasteiger partial charge is 0.249 e. The van der Waals surface area contributed by atoms with Crippen molar-refractivity contribution >= 4 is 29.1 Å². The number of hydrogen-bond acceptors (Lipinski definition) is 2. The molecule has 1 heterocycles. The quantitative estimate of drug-likeness (QED) is 0.926. The van der Waals surface area contributed by atoms with Crippen LogP contribution in [0.4, 0.5) is 0 Å². The van der Waals surface area contributed by atoms with E-state index in [1.54, 1.807) is 12.1 Å².